The number of rotatable bonds is 5. The maximum absolute atomic E-state index is 12.5. The number of aromatic amines is 1. The molecule has 0 spiro atoms. The lowest BCUT2D eigenvalue weighted by Gasteiger charge is -2.29. The van der Waals surface area contributed by atoms with Crippen molar-refractivity contribution in [2.45, 2.75) is 33.2 Å². The first-order chi connectivity index (χ1) is 14.9. The zero-order valence-electron chi connectivity index (χ0n) is 17.8. The molecule has 31 heavy (non-hydrogen) atoms. The van der Waals surface area contributed by atoms with Gasteiger partial charge in [0.2, 0.25) is 0 Å². The van der Waals surface area contributed by atoms with Gasteiger partial charge in [-0.05, 0) is 38.5 Å². The number of carbonyl (C=O) groups excluding carboxylic acids is 1. The molecule has 2 N–H and O–H groups in total. The minimum Gasteiger partial charge on any atom is -0.366 e. The summed E-state index contributed by atoms with van der Waals surface area (Å²) in [6.07, 6.45) is 3.89. The highest BCUT2D eigenvalue weighted by Gasteiger charge is 2.18. The van der Waals surface area contributed by atoms with E-state index in [1.54, 1.807) is 20.0 Å². The maximum atomic E-state index is 12.5. The van der Waals surface area contributed by atoms with Crippen LogP contribution in [0.5, 0.6) is 0 Å². The van der Waals surface area contributed by atoms with E-state index < -0.39 is 0 Å². The monoisotopic (exact) mass is 439 g/mol. The van der Waals surface area contributed by atoms with Gasteiger partial charge in [-0.3, -0.25) is 14.2 Å². The number of anilines is 1. The number of H-pyrrole nitrogens is 1. The predicted molar refractivity (Wildman–Crippen MR) is 123 cm³/mol. The summed E-state index contributed by atoms with van der Waals surface area (Å²) >= 11 is 1.46. The van der Waals surface area contributed by atoms with Gasteiger partial charge in [0.05, 0.1) is 16.9 Å². The summed E-state index contributed by atoms with van der Waals surface area (Å²) in [7, 11) is 1.60. The van der Waals surface area contributed by atoms with Gasteiger partial charge in [-0.25, -0.2) is 9.78 Å². The van der Waals surface area contributed by atoms with E-state index in [0.717, 1.165) is 42.2 Å². The minimum atomic E-state index is -0.358. The SMILES string of the molecule is CCn1c(=O)[nH]c2cc(CC3=CCN(c4ccc(C(=O)NC)nc4C)CC3)sc2c1=O. The van der Waals surface area contributed by atoms with E-state index in [2.05, 4.69) is 26.3 Å². The summed E-state index contributed by atoms with van der Waals surface area (Å²) in [4.78, 5) is 46.9. The Morgan fingerprint density at radius 2 is 2.13 bits per heavy atom. The van der Waals surface area contributed by atoms with E-state index in [1.807, 2.05) is 19.1 Å². The fourth-order valence-electron chi connectivity index (χ4n) is 3.92. The van der Waals surface area contributed by atoms with Crippen molar-refractivity contribution in [2.24, 2.45) is 0 Å². The van der Waals surface area contributed by atoms with Crippen LogP contribution >= 0.6 is 11.3 Å². The van der Waals surface area contributed by atoms with Gasteiger partial charge in [-0.2, -0.15) is 0 Å². The summed E-state index contributed by atoms with van der Waals surface area (Å²) < 4.78 is 1.83. The Balaban J connectivity index is 1.50. The highest BCUT2D eigenvalue weighted by atomic mass is 32.1. The Morgan fingerprint density at radius 1 is 1.32 bits per heavy atom. The molecule has 4 heterocycles. The number of aryl methyl sites for hydroxylation is 1. The van der Waals surface area contributed by atoms with Gasteiger partial charge >= 0.3 is 5.69 Å². The molecule has 1 aliphatic rings. The van der Waals surface area contributed by atoms with Crippen LogP contribution in [0.15, 0.2) is 39.4 Å². The van der Waals surface area contributed by atoms with Crippen LogP contribution in [0, 0.1) is 6.92 Å². The van der Waals surface area contributed by atoms with Gasteiger partial charge < -0.3 is 15.2 Å². The van der Waals surface area contributed by atoms with Crippen molar-refractivity contribution in [3.05, 3.63) is 67.0 Å². The van der Waals surface area contributed by atoms with E-state index in [9.17, 15) is 14.4 Å². The van der Waals surface area contributed by atoms with Gasteiger partial charge in [-0.1, -0.05) is 11.6 Å². The first-order valence-electron chi connectivity index (χ1n) is 10.3. The largest absolute Gasteiger partial charge is 0.366 e. The van der Waals surface area contributed by atoms with Crippen molar-refractivity contribution in [3.63, 3.8) is 0 Å². The summed E-state index contributed by atoms with van der Waals surface area (Å²) in [5.74, 6) is -0.189. The second-order valence-corrected chi connectivity index (χ2v) is 8.69. The molecule has 0 unspecified atom stereocenters. The molecule has 0 fully saturated rings. The van der Waals surface area contributed by atoms with Crippen LogP contribution in [0.1, 0.15) is 34.4 Å². The van der Waals surface area contributed by atoms with Crippen molar-refractivity contribution in [1.82, 2.24) is 19.9 Å². The van der Waals surface area contributed by atoms with Crippen molar-refractivity contribution in [3.8, 4) is 0 Å². The summed E-state index contributed by atoms with van der Waals surface area (Å²) in [5.41, 5.74) is 3.64. The lowest BCUT2D eigenvalue weighted by molar-refractivity contribution is 0.0958. The van der Waals surface area contributed by atoms with E-state index in [1.165, 1.54) is 21.5 Å². The normalized spacial score (nSPS) is 14.0. The van der Waals surface area contributed by atoms with Crippen molar-refractivity contribution >= 4 is 33.1 Å². The molecule has 3 aromatic heterocycles. The molecular formula is C22H25N5O3S. The molecular weight excluding hydrogens is 414 g/mol. The standard InChI is InChI=1S/C22H25N5O3S/c1-4-27-21(29)19-17(25-22(27)30)12-15(31-19)11-14-7-9-26(10-8-14)18-6-5-16(20(28)23-3)24-13(18)2/h5-7,12H,4,8-11H2,1-3H3,(H,23,28)(H,25,30). The second kappa shape index (κ2) is 8.50. The van der Waals surface area contributed by atoms with Gasteiger partial charge in [0.15, 0.2) is 0 Å². The fraction of sp³-hybridized carbons (Fsp3) is 0.364. The summed E-state index contributed by atoms with van der Waals surface area (Å²) in [6, 6.07) is 5.62. The number of hydrogen-bond donors (Lipinski definition) is 2. The van der Waals surface area contributed by atoms with Crippen LogP contribution in [0.2, 0.25) is 0 Å². The Hall–Kier alpha value is -3.20. The molecule has 0 bridgehead atoms. The lowest BCUT2D eigenvalue weighted by Crippen LogP contribution is -2.33. The predicted octanol–water partition coefficient (Wildman–Crippen LogP) is 2.21. The third-order valence-corrected chi connectivity index (χ3v) is 6.71. The summed E-state index contributed by atoms with van der Waals surface area (Å²) in [6.45, 7) is 5.69. The molecule has 1 amide bonds. The molecule has 3 aromatic rings. The Kier molecular flexibility index (Phi) is 5.77. The van der Waals surface area contributed by atoms with Crippen molar-refractivity contribution in [2.75, 3.05) is 25.0 Å². The number of carbonyl (C=O) groups is 1. The molecule has 9 heteroatoms. The molecule has 0 aliphatic carbocycles. The molecule has 0 radical (unpaired) electrons. The Labute approximate surface area is 183 Å². The van der Waals surface area contributed by atoms with Crippen LogP contribution in [0.25, 0.3) is 10.2 Å². The van der Waals surface area contributed by atoms with Crippen LogP contribution < -0.4 is 21.5 Å². The third kappa shape index (κ3) is 4.05. The number of aromatic nitrogens is 3. The Bertz CT molecular complexity index is 1300. The first kappa shape index (κ1) is 21.0. The van der Waals surface area contributed by atoms with Crippen molar-refractivity contribution < 1.29 is 4.79 Å². The van der Waals surface area contributed by atoms with Crippen LogP contribution in [-0.4, -0.2) is 40.6 Å². The Morgan fingerprint density at radius 3 is 2.77 bits per heavy atom. The van der Waals surface area contributed by atoms with E-state index in [0.29, 0.717) is 22.5 Å². The smallest absolute Gasteiger partial charge is 0.328 e. The molecule has 0 saturated carbocycles. The van der Waals surface area contributed by atoms with Crippen molar-refractivity contribution in [1.29, 1.82) is 0 Å². The molecule has 0 atom stereocenters. The number of hydrogen-bond acceptors (Lipinski definition) is 6. The zero-order valence-corrected chi connectivity index (χ0v) is 18.6. The van der Waals surface area contributed by atoms with Crippen LogP contribution in [0.4, 0.5) is 5.69 Å². The number of nitrogens with zero attached hydrogens (tertiary/aromatic N) is 3. The third-order valence-electron chi connectivity index (χ3n) is 5.59. The highest BCUT2D eigenvalue weighted by molar-refractivity contribution is 7.18. The average molecular weight is 440 g/mol. The number of thiophene rings is 1. The zero-order chi connectivity index (χ0) is 22.1. The number of fused-ring (bicyclic) bond motifs is 1. The fourth-order valence-corrected chi connectivity index (χ4v) is 5.04. The van der Waals surface area contributed by atoms with Gasteiger partial charge in [0, 0.05) is 38.0 Å². The molecule has 0 saturated heterocycles. The van der Waals surface area contributed by atoms with E-state index in [-0.39, 0.29) is 17.2 Å². The van der Waals surface area contributed by atoms with Crippen LogP contribution in [-0.2, 0) is 13.0 Å². The molecule has 0 aromatic carbocycles. The summed E-state index contributed by atoms with van der Waals surface area (Å²) in [5, 5.41) is 2.59. The van der Waals surface area contributed by atoms with E-state index in [4.69, 9.17) is 0 Å². The maximum Gasteiger partial charge on any atom is 0.328 e. The average Bonchev–Trinajstić information content (AvgIpc) is 3.16. The molecule has 4 rings (SSSR count). The van der Waals surface area contributed by atoms with Gasteiger partial charge in [0.25, 0.3) is 11.5 Å². The molecule has 162 valence electrons. The first-order valence-corrected chi connectivity index (χ1v) is 11.1. The number of amides is 1. The second-order valence-electron chi connectivity index (χ2n) is 7.55. The minimum absolute atomic E-state index is 0.189. The highest BCUT2D eigenvalue weighted by Crippen LogP contribution is 2.27. The lowest BCUT2D eigenvalue weighted by atomic mass is 10.0. The molecule has 8 nitrogen and oxygen atoms in total. The quantitative estimate of drug-likeness (QED) is 0.594. The van der Waals surface area contributed by atoms with Gasteiger partial charge in [-0.15, -0.1) is 11.3 Å². The topological polar surface area (TPSA) is 100 Å². The van der Waals surface area contributed by atoms with Crippen LogP contribution in [0.3, 0.4) is 0 Å². The van der Waals surface area contributed by atoms with Gasteiger partial charge in [0.1, 0.15) is 10.4 Å². The van der Waals surface area contributed by atoms with E-state index >= 15 is 0 Å². The number of nitrogens with one attached hydrogen (secondary N) is 2. The number of pyridine rings is 1. The molecule has 1 aliphatic heterocycles.